The highest BCUT2D eigenvalue weighted by Gasteiger charge is 2.08. The van der Waals surface area contributed by atoms with Crippen LogP contribution >= 0.6 is 0 Å². The minimum Gasteiger partial charge on any atom is -0.252 e. The van der Waals surface area contributed by atoms with Gasteiger partial charge < -0.3 is 0 Å². The lowest BCUT2D eigenvalue weighted by Gasteiger charge is -1.96. The van der Waals surface area contributed by atoms with Crippen LogP contribution in [0.3, 0.4) is 0 Å². The van der Waals surface area contributed by atoms with Crippen molar-refractivity contribution in [1.82, 2.24) is 0 Å². The Kier molecular flexibility index (Phi) is 2.77. The molecular weight excluding hydrogens is 182 g/mol. The van der Waals surface area contributed by atoms with Crippen molar-refractivity contribution in [2.24, 2.45) is 5.14 Å². The van der Waals surface area contributed by atoms with Crippen molar-refractivity contribution in [1.29, 1.82) is 0 Å². The fraction of sp³-hybridized carbons (Fsp3) is 1.00. The molecule has 10 heavy (non-hydrogen) atoms. The number of hydrogen-bond donors (Lipinski definition) is 1. The standard InChI is InChI=1S/C2H7NO5S2/c1-9(4,5)8-2-10(3,6)7/h2H2,1H3,(H2,3,6,7). The highest BCUT2D eigenvalue weighted by Crippen LogP contribution is 1.88. The molecule has 0 atom stereocenters. The number of primary sulfonamides is 1. The van der Waals surface area contributed by atoms with Crippen LogP contribution < -0.4 is 5.14 Å². The molecule has 0 aliphatic carbocycles. The number of nitrogens with two attached hydrogens (primary N) is 1. The summed E-state index contributed by atoms with van der Waals surface area (Å²) in [6, 6.07) is 0. The predicted molar refractivity (Wildman–Crippen MR) is 33.9 cm³/mol. The maximum Gasteiger partial charge on any atom is 0.265 e. The van der Waals surface area contributed by atoms with Gasteiger partial charge in [0, 0.05) is 0 Å². The minimum atomic E-state index is -3.86. The number of hydrogen-bond acceptors (Lipinski definition) is 5. The van der Waals surface area contributed by atoms with Crippen LogP contribution in [0.4, 0.5) is 0 Å². The van der Waals surface area contributed by atoms with E-state index in [1.807, 2.05) is 0 Å². The molecule has 62 valence electrons. The van der Waals surface area contributed by atoms with E-state index in [1.54, 1.807) is 0 Å². The topological polar surface area (TPSA) is 104 Å². The van der Waals surface area contributed by atoms with Gasteiger partial charge in [0.15, 0.2) is 5.94 Å². The summed E-state index contributed by atoms with van der Waals surface area (Å²) in [4.78, 5) is 0. The summed E-state index contributed by atoms with van der Waals surface area (Å²) >= 11 is 0. The van der Waals surface area contributed by atoms with E-state index in [-0.39, 0.29) is 0 Å². The maximum absolute atomic E-state index is 10.1. The van der Waals surface area contributed by atoms with Crippen LogP contribution in [0.5, 0.6) is 0 Å². The first-order chi connectivity index (χ1) is 4.21. The second-order valence-electron chi connectivity index (χ2n) is 1.60. The first-order valence-electron chi connectivity index (χ1n) is 2.05. The van der Waals surface area contributed by atoms with E-state index >= 15 is 0 Å². The van der Waals surface area contributed by atoms with Gasteiger partial charge in [-0.3, -0.25) is 4.18 Å². The molecule has 0 rings (SSSR count). The van der Waals surface area contributed by atoms with Crippen molar-refractivity contribution in [3.8, 4) is 0 Å². The molecule has 0 radical (unpaired) electrons. The van der Waals surface area contributed by atoms with Crippen LogP contribution in [0.15, 0.2) is 0 Å². The normalized spacial score (nSPS) is 13.4. The average molecular weight is 189 g/mol. The first kappa shape index (κ1) is 9.82. The zero-order valence-electron chi connectivity index (χ0n) is 5.14. The van der Waals surface area contributed by atoms with Gasteiger partial charge in [-0.1, -0.05) is 0 Å². The summed E-state index contributed by atoms with van der Waals surface area (Å²) < 4.78 is 44.3. The molecular formula is C2H7NO5S2. The maximum atomic E-state index is 10.1. The van der Waals surface area contributed by atoms with E-state index < -0.39 is 26.1 Å². The molecule has 0 aliphatic rings. The van der Waals surface area contributed by atoms with Gasteiger partial charge in [-0.25, -0.2) is 13.6 Å². The summed E-state index contributed by atoms with van der Waals surface area (Å²) in [5.41, 5.74) is 0. The fourth-order valence-electron chi connectivity index (χ4n) is 0.154. The van der Waals surface area contributed by atoms with Crippen molar-refractivity contribution < 1.29 is 21.0 Å². The quantitative estimate of drug-likeness (QED) is 0.528. The molecule has 0 aromatic carbocycles. The Balaban J connectivity index is 4.05. The molecule has 0 heterocycles. The fourth-order valence-corrected chi connectivity index (χ4v) is 1.39. The molecule has 2 N–H and O–H groups in total. The Bertz CT molecular complexity index is 254. The van der Waals surface area contributed by atoms with Crippen molar-refractivity contribution >= 4 is 20.1 Å². The monoisotopic (exact) mass is 189 g/mol. The Labute approximate surface area is 59.2 Å². The van der Waals surface area contributed by atoms with Gasteiger partial charge in [-0.05, 0) is 0 Å². The van der Waals surface area contributed by atoms with E-state index in [0.29, 0.717) is 0 Å². The predicted octanol–water partition coefficient (Wildman–Crippen LogP) is -1.79. The Morgan fingerprint density at radius 1 is 1.30 bits per heavy atom. The molecule has 6 nitrogen and oxygen atoms in total. The third kappa shape index (κ3) is 7.82. The average Bonchev–Trinajstić information content (AvgIpc) is 1.57. The highest BCUT2D eigenvalue weighted by atomic mass is 32.2. The number of sulfonamides is 1. The molecule has 8 heteroatoms. The first-order valence-corrected chi connectivity index (χ1v) is 5.59. The van der Waals surface area contributed by atoms with Crippen molar-refractivity contribution in [3.05, 3.63) is 0 Å². The number of rotatable bonds is 3. The van der Waals surface area contributed by atoms with Gasteiger partial charge in [0.25, 0.3) is 10.1 Å². The second kappa shape index (κ2) is 2.82. The molecule has 0 amide bonds. The lowest BCUT2D eigenvalue weighted by molar-refractivity contribution is 0.373. The molecule has 0 aromatic heterocycles. The minimum absolute atomic E-state index is 0.734. The van der Waals surface area contributed by atoms with Crippen LogP contribution in [-0.2, 0) is 24.3 Å². The van der Waals surface area contributed by atoms with Crippen LogP contribution in [0.2, 0.25) is 0 Å². The van der Waals surface area contributed by atoms with Crippen molar-refractivity contribution in [2.45, 2.75) is 0 Å². The lowest BCUT2D eigenvalue weighted by Crippen LogP contribution is -2.20. The summed E-state index contributed by atoms with van der Waals surface area (Å²) in [6.07, 6.45) is 0.734. The molecule has 0 bridgehead atoms. The Morgan fingerprint density at radius 3 is 1.80 bits per heavy atom. The van der Waals surface area contributed by atoms with E-state index in [9.17, 15) is 16.8 Å². The van der Waals surface area contributed by atoms with Crippen LogP contribution in [0.25, 0.3) is 0 Å². The molecule has 0 spiro atoms. The molecule has 0 aliphatic heterocycles. The van der Waals surface area contributed by atoms with Crippen LogP contribution in [0, 0.1) is 0 Å². The summed E-state index contributed by atoms with van der Waals surface area (Å²) in [5, 5.41) is 4.43. The van der Waals surface area contributed by atoms with Gasteiger partial charge in [0.2, 0.25) is 10.0 Å². The van der Waals surface area contributed by atoms with Gasteiger partial charge in [0.1, 0.15) is 0 Å². The molecule has 0 saturated heterocycles. The SMILES string of the molecule is CS(=O)(=O)OCS(N)(=O)=O. The summed E-state index contributed by atoms with van der Waals surface area (Å²) in [7, 11) is -7.58. The smallest absolute Gasteiger partial charge is 0.252 e. The van der Waals surface area contributed by atoms with E-state index in [1.165, 1.54) is 0 Å². The third-order valence-electron chi connectivity index (χ3n) is 0.426. The Hall–Kier alpha value is -0.180. The summed E-state index contributed by atoms with van der Waals surface area (Å²) in [5.74, 6) is -1.01. The second-order valence-corrected chi connectivity index (χ2v) is 4.81. The zero-order valence-corrected chi connectivity index (χ0v) is 6.78. The van der Waals surface area contributed by atoms with E-state index in [2.05, 4.69) is 9.32 Å². The summed E-state index contributed by atoms with van der Waals surface area (Å²) in [6.45, 7) is 0. The highest BCUT2D eigenvalue weighted by molar-refractivity contribution is 7.90. The van der Waals surface area contributed by atoms with Gasteiger partial charge in [0.05, 0.1) is 6.26 Å². The van der Waals surface area contributed by atoms with Gasteiger partial charge in [-0.2, -0.15) is 8.42 Å². The molecule has 0 unspecified atom stereocenters. The van der Waals surface area contributed by atoms with Crippen molar-refractivity contribution in [3.63, 3.8) is 0 Å². The molecule has 0 aromatic rings. The molecule has 0 fully saturated rings. The zero-order chi connectivity index (χ0) is 8.41. The van der Waals surface area contributed by atoms with E-state index in [4.69, 9.17) is 0 Å². The van der Waals surface area contributed by atoms with Crippen molar-refractivity contribution in [2.75, 3.05) is 12.2 Å². The van der Waals surface area contributed by atoms with Crippen LogP contribution in [0.1, 0.15) is 0 Å². The largest absolute Gasteiger partial charge is 0.265 e. The van der Waals surface area contributed by atoms with E-state index in [0.717, 1.165) is 6.26 Å². The Morgan fingerprint density at radius 2 is 1.70 bits per heavy atom. The lowest BCUT2D eigenvalue weighted by atomic mass is 11.7. The van der Waals surface area contributed by atoms with Gasteiger partial charge >= 0.3 is 0 Å². The van der Waals surface area contributed by atoms with Crippen LogP contribution in [-0.4, -0.2) is 29.0 Å². The third-order valence-corrected chi connectivity index (χ3v) is 1.57. The molecule has 0 saturated carbocycles. The van der Waals surface area contributed by atoms with Gasteiger partial charge in [-0.15, -0.1) is 0 Å².